The summed E-state index contributed by atoms with van der Waals surface area (Å²) < 4.78 is 13.6. The molecule has 0 bridgehead atoms. The van der Waals surface area contributed by atoms with E-state index in [0.29, 0.717) is 5.56 Å². The molecule has 3 rings (SSSR count). The summed E-state index contributed by atoms with van der Waals surface area (Å²) in [4.78, 5) is 14.8. The van der Waals surface area contributed by atoms with E-state index in [9.17, 15) is 4.39 Å². The van der Waals surface area contributed by atoms with Gasteiger partial charge in [-0.05, 0) is 18.2 Å². The summed E-state index contributed by atoms with van der Waals surface area (Å²) in [5.41, 5.74) is 1.10. The van der Waals surface area contributed by atoms with Crippen molar-refractivity contribution in [1.82, 2.24) is 9.97 Å². The molecule has 1 aromatic carbocycles. The highest BCUT2D eigenvalue weighted by Crippen LogP contribution is 2.22. The second kappa shape index (κ2) is 6.71. The highest BCUT2D eigenvalue weighted by molar-refractivity contribution is 5.55. The number of benzene rings is 1. The fraction of sp³-hybridized carbons (Fsp3) is 0.353. The predicted octanol–water partition coefficient (Wildman–Crippen LogP) is 1.88. The van der Waals surface area contributed by atoms with E-state index in [4.69, 9.17) is 5.26 Å². The van der Waals surface area contributed by atoms with Gasteiger partial charge in [-0.1, -0.05) is 0 Å². The van der Waals surface area contributed by atoms with Crippen LogP contribution in [0.25, 0.3) is 0 Å². The maximum atomic E-state index is 13.6. The summed E-state index contributed by atoms with van der Waals surface area (Å²) in [7, 11) is 3.89. The van der Waals surface area contributed by atoms with E-state index in [2.05, 4.69) is 19.8 Å². The van der Waals surface area contributed by atoms with Crippen LogP contribution in [-0.4, -0.2) is 50.2 Å². The lowest BCUT2D eigenvalue weighted by molar-refractivity contribution is 0.619. The van der Waals surface area contributed by atoms with Crippen molar-refractivity contribution in [2.45, 2.75) is 0 Å². The van der Waals surface area contributed by atoms with Gasteiger partial charge < -0.3 is 14.7 Å². The average molecular weight is 326 g/mol. The third-order valence-electron chi connectivity index (χ3n) is 4.08. The van der Waals surface area contributed by atoms with Crippen LogP contribution in [-0.2, 0) is 0 Å². The van der Waals surface area contributed by atoms with Gasteiger partial charge in [0.2, 0.25) is 0 Å². The van der Waals surface area contributed by atoms with Gasteiger partial charge in [-0.2, -0.15) is 5.26 Å². The minimum absolute atomic E-state index is 0.346. The SMILES string of the molecule is CN(C)c1cc(N2CCN(c3cc(F)cc(C#N)c3)CC2)ncn1. The van der Waals surface area contributed by atoms with Crippen molar-refractivity contribution >= 4 is 17.3 Å². The van der Waals surface area contributed by atoms with E-state index in [1.54, 1.807) is 12.4 Å². The van der Waals surface area contributed by atoms with Gasteiger partial charge in [0, 0.05) is 52.0 Å². The second-order valence-corrected chi connectivity index (χ2v) is 5.91. The third-order valence-corrected chi connectivity index (χ3v) is 4.08. The molecule has 0 spiro atoms. The zero-order chi connectivity index (χ0) is 17.1. The number of halogens is 1. The first kappa shape index (κ1) is 16.0. The summed E-state index contributed by atoms with van der Waals surface area (Å²) in [6.45, 7) is 3.05. The van der Waals surface area contributed by atoms with Gasteiger partial charge in [0.1, 0.15) is 23.8 Å². The maximum Gasteiger partial charge on any atom is 0.134 e. The van der Waals surface area contributed by atoms with Gasteiger partial charge in [0.15, 0.2) is 0 Å². The van der Waals surface area contributed by atoms with E-state index >= 15 is 0 Å². The molecule has 1 saturated heterocycles. The molecule has 6 nitrogen and oxygen atoms in total. The number of rotatable bonds is 3. The van der Waals surface area contributed by atoms with Gasteiger partial charge in [-0.25, -0.2) is 14.4 Å². The molecular weight excluding hydrogens is 307 g/mol. The number of hydrogen-bond acceptors (Lipinski definition) is 6. The van der Waals surface area contributed by atoms with Gasteiger partial charge in [-0.15, -0.1) is 0 Å². The smallest absolute Gasteiger partial charge is 0.134 e. The van der Waals surface area contributed by atoms with E-state index < -0.39 is 0 Å². The minimum Gasteiger partial charge on any atom is -0.368 e. The molecule has 0 aliphatic carbocycles. The summed E-state index contributed by atoms with van der Waals surface area (Å²) in [6, 6.07) is 8.42. The molecular formula is C17H19FN6. The maximum absolute atomic E-state index is 13.6. The lowest BCUT2D eigenvalue weighted by atomic mass is 10.1. The molecule has 0 amide bonds. The van der Waals surface area contributed by atoms with Crippen LogP contribution in [0.1, 0.15) is 5.56 Å². The van der Waals surface area contributed by atoms with Crippen molar-refractivity contribution in [3.63, 3.8) is 0 Å². The van der Waals surface area contributed by atoms with E-state index in [1.165, 1.54) is 12.1 Å². The Morgan fingerprint density at radius 1 is 1.04 bits per heavy atom. The molecule has 2 aromatic rings. The summed E-state index contributed by atoms with van der Waals surface area (Å²) in [5, 5.41) is 8.98. The van der Waals surface area contributed by atoms with E-state index in [1.807, 2.05) is 31.1 Å². The fourth-order valence-electron chi connectivity index (χ4n) is 2.77. The molecule has 1 aliphatic heterocycles. The molecule has 0 saturated carbocycles. The minimum atomic E-state index is -0.377. The van der Waals surface area contributed by atoms with Crippen molar-refractivity contribution < 1.29 is 4.39 Å². The van der Waals surface area contributed by atoms with Crippen LogP contribution < -0.4 is 14.7 Å². The number of anilines is 3. The first-order valence-electron chi connectivity index (χ1n) is 7.77. The Labute approximate surface area is 140 Å². The first-order chi connectivity index (χ1) is 11.6. The first-order valence-corrected chi connectivity index (χ1v) is 7.77. The number of hydrogen-bond donors (Lipinski definition) is 0. The lowest BCUT2D eigenvalue weighted by Crippen LogP contribution is -2.47. The standard InChI is InChI=1S/C17H19FN6/c1-22(2)16-10-17(21-12-20-16)24-5-3-23(4-6-24)15-8-13(11-19)7-14(18)9-15/h7-10,12H,3-6H2,1-2H3. The van der Waals surface area contributed by atoms with Gasteiger partial charge in [0.25, 0.3) is 0 Å². The van der Waals surface area contributed by atoms with Crippen LogP contribution >= 0.6 is 0 Å². The molecule has 0 N–H and O–H groups in total. The summed E-state index contributed by atoms with van der Waals surface area (Å²) >= 11 is 0. The van der Waals surface area contributed by atoms with Crippen LogP contribution in [0, 0.1) is 17.1 Å². The zero-order valence-corrected chi connectivity index (χ0v) is 13.8. The Bertz CT molecular complexity index is 762. The fourth-order valence-corrected chi connectivity index (χ4v) is 2.77. The molecule has 0 atom stereocenters. The van der Waals surface area contributed by atoms with Gasteiger partial charge in [-0.3, -0.25) is 0 Å². The van der Waals surface area contributed by atoms with E-state index in [0.717, 1.165) is 43.5 Å². The second-order valence-electron chi connectivity index (χ2n) is 5.91. The van der Waals surface area contributed by atoms with E-state index in [-0.39, 0.29) is 5.82 Å². The third kappa shape index (κ3) is 3.38. The topological polar surface area (TPSA) is 59.3 Å². The predicted molar refractivity (Wildman–Crippen MR) is 91.9 cm³/mol. The van der Waals surface area contributed by atoms with Gasteiger partial charge in [0.05, 0.1) is 11.6 Å². The summed E-state index contributed by atoms with van der Waals surface area (Å²) in [6.07, 6.45) is 1.57. The van der Waals surface area contributed by atoms with Crippen LogP contribution in [0.15, 0.2) is 30.6 Å². The molecule has 1 aromatic heterocycles. The number of nitriles is 1. The molecule has 0 unspecified atom stereocenters. The highest BCUT2D eigenvalue weighted by Gasteiger charge is 2.19. The Hall–Kier alpha value is -2.88. The lowest BCUT2D eigenvalue weighted by Gasteiger charge is -2.36. The average Bonchev–Trinajstić information content (AvgIpc) is 2.61. The van der Waals surface area contributed by atoms with Crippen LogP contribution in [0.5, 0.6) is 0 Å². The number of nitrogens with zero attached hydrogens (tertiary/aromatic N) is 6. The van der Waals surface area contributed by atoms with Crippen molar-refractivity contribution in [2.75, 3.05) is 55.0 Å². The Kier molecular flexibility index (Phi) is 4.47. The molecule has 24 heavy (non-hydrogen) atoms. The van der Waals surface area contributed by atoms with Gasteiger partial charge >= 0.3 is 0 Å². The zero-order valence-electron chi connectivity index (χ0n) is 13.8. The molecule has 124 valence electrons. The van der Waals surface area contributed by atoms with Crippen LogP contribution in [0.2, 0.25) is 0 Å². The van der Waals surface area contributed by atoms with Crippen molar-refractivity contribution in [3.8, 4) is 6.07 Å². The van der Waals surface area contributed by atoms with Crippen molar-refractivity contribution in [2.24, 2.45) is 0 Å². The van der Waals surface area contributed by atoms with Crippen LogP contribution in [0.3, 0.4) is 0 Å². The molecule has 2 heterocycles. The molecule has 1 aliphatic rings. The Morgan fingerprint density at radius 3 is 2.42 bits per heavy atom. The number of aromatic nitrogens is 2. The molecule has 1 fully saturated rings. The molecule has 0 radical (unpaired) electrons. The van der Waals surface area contributed by atoms with Crippen molar-refractivity contribution in [1.29, 1.82) is 5.26 Å². The monoisotopic (exact) mass is 326 g/mol. The number of piperazine rings is 1. The Balaban J connectivity index is 1.71. The van der Waals surface area contributed by atoms with Crippen LogP contribution in [0.4, 0.5) is 21.7 Å². The normalized spacial score (nSPS) is 14.4. The largest absolute Gasteiger partial charge is 0.368 e. The van der Waals surface area contributed by atoms with Crippen molar-refractivity contribution in [3.05, 3.63) is 42.0 Å². The Morgan fingerprint density at radius 2 is 1.75 bits per heavy atom. The summed E-state index contributed by atoms with van der Waals surface area (Å²) in [5.74, 6) is 1.38. The quantitative estimate of drug-likeness (QED) is 0.858. The highest BCUT2D eigenvalue weighted by atomic mass is 19.1. The molecule has 7 heteroatoms.